The van der Waals surface area contributed by atoms with Crippen LogP contribution in [0.25, 0.3) is 0 Å². The highest BCUT2D eigenvalue weighted by atomic mass is 32.2. The maximum absolute atomic E-state index is 13.8. The molecular weight excluding hydrogens is 596 g/mol. The zero-order valence-corrected chi connectivity index (χ0v) is 26.8. The molecule has 0 fully saturated rings. The predicted octanol–water partition coefficient (Wildman–Crippen LogP) is 3.27. The first-order chi connectivity index (χ1) is 20.5. The molecule has 0 aliphatic rings. The maximum Gasteiger partial charge on any atom is 0.304 e. The second-order valence-corrected chi connectivity index (χ2v) is 12.3. The highest BCUT2D eigenvalue weighted by Crippen LogP contribution is 2.30. The molecule has 1 N–H and O–H groups in total. The molecule has 0 saturated carbocycles. The molecule has 0 atom stereocenters. The third kappa shape index (κ3) is 9.21. The summed E-state index contributed by atoms with van der Waals surface area (Å²) >= 11 is 1.16. The van der Waals surface area contributed by atoms with E-state index in [0.717, 1.165) is 33.2 Å². The first-order valence-electron chi connectivity index (χ1n) is 13.4. The van der Waals surface area contributed by atoms with Gasteiger partial charge in [-0.3, -0.25) is 9.59 Å². The Balaban J connectivity index is 1.79. The molecule has 1 aromatic heterocycles. The summed E-state index contributed by atoms with van der Waals surface area (Å²) in [5.41, 5.74) is 2.22. The molecule has 0 saturated heterocycles. The fourth-order valence-corrected chi connectivity index (χ4v) is 5.82. The lowest BCUT2D eigenvalue weighted by molar-refractivity contribution is -0.106. The van der Waals surface area contributed by atoms with Gasteiger partial charge in [-0.25, -0.2) is 9.71 Å². The summed E-state index contributed by atoms with van der Waals surface area (Å²) in [5.74, 6) is -0.112. The van der Waals surface area contributed by atoms with E-state index in [0.29, 0.717) is 35.0 Å². The number of aromatic nitrogens is 1. The van der Waals surface area contributed by atoms with Crippen molar-refractivity contribution in [2.24, 2.45) is 0 Å². The second kappa shape index (κ2) is 15.8. The monoisotopic (exact) mass is 634 g/mol. The third-order valence-corrected chi connectivity index (χ3v) is 8.94. The van der Waals surface area contributed by atoms with Gasteiger partial charge in [0.2, 0.25) is 0 Å². The lowest BCUT2D eigenvalue weighted by Crippen LogP contribution is -2.45. The number of benzene rings is 2. The molecule has 0 aliphatic heterocycles. The number of thiazole rings is 1. The highest BCUT2D eigenvalue weighted by Gasteiger charge is 2.26. The van der Waals surface area contributed by atoms with Gasteiger partial charge in [-0.1, -0.05) is 30.3 Å². The van der Waals surface area contributed by atoms with Gasteiger partial charge in [-0.2, -0.15) is 12.7 Å². The summed E-state index contributed by atoms with van der Waals surface area (Å²) < 4.78 is 49.2. The van der Waals surface area contributed by atoms with Crippen LogP contribution in [-0.4, -0.2) is 89.3 Å². The Bertz CT molecular complexity index is 1450. The van der Waals surface area contributed by atoms with E-state index in [9.17, 15) is 18.0 Å². The van der Waals surface area contributed by atoms with Crippen LogP contribution in [0.15, 0.2) is 47.8 Å². The summed E-state index contributed by atoms with van der Waals surface area (Å²) in [6.45, 7) is 2.23. The number of carbonyl (C=O) groups is 2. The van der Waals surface area contributed by atoms with Gasteiger partial charge in [0.1, 0.15) is 22.2 Å². The summed E-state index contributed by atoms with van der Waals surface area (Å²) in [6, 6.07) is 13.3. The molecule has 0 spiro atoms. The van der Waals surface area contributed by atoms with Crippen LogP contribution in [0.1, 0.15) is 43.4 Å². The Morgan fingerprint density at radius 3 is 2.23 bits per heavy atom. The zero-order chi connectivity index (χ0) is 31.6. The number of rotatable bonds is 16. The zero-order valence-electron chi connectivity index (χ0n) is 25.2. The van der Waals surface area contributed by atoms with Crippen LogP contribution in [0.2, 0.25) is 0 Å². The predicted molar refractivity (Wildman–Crippen MR) is 163 cm³/mol. The molecule has 0 radical (unpaired) electrons. The van der Waals surface area contributed by atoms with Crippen LogP contribution in [0.4, 0.5) is 0 Å². The molecule has 3 rings (SSSR count). The van der Waals surface area contributed by atoms with Gasteiger partial charge in [-0.15, -0.1) is 11.3 Å². The topological polar surface area (TPSA) is 137 Å². The first-order valence-corrected chi connectivity index (χ1v) is 15.7. The number of likely N-dealkylation sites (N-methyl/N-ethyl adjacent to an activating group) is 1. The Labute approximate surface area is 256 Å². The molecular formula is C29H38N4O8S2. The van der Waals surface area contributed by atoms with Crippen molar-refractivity contribution >= 4 is 33.4 Å². The van der Waals surface area contributed by atoms with Crippen LogP contribution < -0.4 is 14.2 Å². The van der Waals surface area contributed by atoms with Crippen molar-refractivity contribution in [3.63, 3.8) is 0 Å². The Morgan fingerprint density at radius 2 is 1.65 bits per heavy atom. The minimum absolute atomic E-state index is 0.0811. The van der Waals surface area contributed by atoms with E-state index in [1.54, 1.807) is 17.0 Å². The van der Waals surface area contributed by atoms with E-state index in [2.05, 4.69) is 4.98 Å². The number of nitrogens with zero attached hydrogens (tertiary/aromatic N) is 3. The summed E-state index contributed by atoms with van der Waals surface area (Å²) in [6.07, 6.45) is 0.638. The molecule has 2 amide bonds. The van der Waals surface area contributed by atoms with Crippen LogP contribution in [0, 0.1) is 6.92 Å². The minimum Gasteiger partial charge on any atom is -0.496 e. The molecule has 1 heterocycles. The Kier molecular flexibility index (Phi) is 12.5. The van der Waals surface area contributed by atoms with Crippen LogP contribution in [0.3, 0.4) is 0 Å². The number of aryl methyl sites for hydroxylation is 1. The SMILES string of the molecule is COc1cc(C(=O)N(CCCc2ccccc2)Cc2nc(C(=O)NS(=O)(=O)N(C)CC(OC)OC)cs2)cc(OC)c1C. The largest absolute Gasteiger partial charge is 0.496 e. The maximum atomic E-state index is 13.8. The van der Waals surface area contributed by atoms with Crippen LogP contribution in [-0.2, 0) is 32.6 Å². The quantitative estimate of drug-likeness (QED) is 0.236. The average molecular weight is 635 g/mol. The van der Waals surface area contributed by atoms with E-state index < -0.39 is 22.4 Å². The minimum atomic E-state index is -4.19. The van der Waals surface area contributed by atoms with Gasteiger partial charge >= 0.3 is 10.2 Å². The lowest BCUT2D eigenvalue weighted by Gasteiger charge is -2.23. The van der Waals surface area contributed by atoms with E-state index >= 15 is 0 Å². The Hall–Kier alpha value is -3.56. The van der Waals surface area contributed by atoms with Gasteiger partial charge < -0.3 is 23.8 Å². The Morgan fingerprint density at radius 1 is 1.02 bits per heavy atom. The molecule has 234 valence electrons. The number of ether oxygens (including phenoxy) is 4. The summed E-state index contributed by atoms with van der Waals surface area (Å²) in [7, 11) is 2.92. The number of methoxy groups -OCH3 is 4. The van der Waals surface area contributed by atoms with Crippen molar-refractivity contribution in [2.75, 3.05) is 48.6 Å². The molecule has 0 aliphatic carbocycles. The molecule has 2 aromatic carbocycles. The van der Waals surface area contributed by atoms with Crippen LogP contribution in [0.5, 0.6) is 11.5 Å². The molecule has 14 heteroatoms. The van der Waals surface area contributed by atoms with Gasteiger partial charge in [0.25, 0.3) is 11.8 Å². The van der Waals surface area contributed by atoms with Crippen LogP contribution >= 0.6 is 11.3 Å². The second-order valence-electron chi connectivity index (χ2n) is 9.57. The van der Waals surface area contributed by atoms with E-state index in [1.807, 2.05) is 42.0 Å². The average Bonchev–Trinajstić information content (AvgIpc) is 3.48. The van der Waals surface area contributed by atoms with Gasteiger partial charge in [0.05, 0.1) is 27.3 Å². The standard InChI is InChI=1S/C29H38N4O8S2/c1-20-24(38-3)15-22(16-25(20)39-4)29(35)33(14-10-13-21-11-8-7-9-12-21)17-26-30-23(19-42-26)28(34)31-43(36,37)32(2)18-27(40-5)41-6/h7-9,11-12,15-16,19,27H,10,13-14,17-18H2,1-6H3,(H,31,34). The molecule has 0 bridgehead atoms. The molecule has 3 aromatic rings. The summed E-state index contributed by atoms with van der Waals surface area (Å²) in [4.78, 5) is 32.6. The van der Waals surface area contributed by atoms with Gasteiger partial charge in [0.15, 0.2) is 6.29 Å². The first kappa shape index (κ1) is 33.9. The van der Waals surface area contributed by atoms with Gasteiger partial charge in [-0.05, 0) is 37.5 Å². The molecule has 0 unspecified atom stereocenters. The van der Waals surface area contributed by atoms with E-state index in [4.69, 9.17) is 18.9 Å². The number of hydrogen-bond donors (Lipinski definition) is 1. The van der Waals surface area contributed by atoms with Crippen molar-refractivity contribution in [2.45, 2.75) is 32.6 Å². The number of carbonyl (C=O) groups excluding carboxylic acids is 2. The van der Waals surface area contributed by atoms with Crippen molar-refractivity contribution in [1.82, 2.24) is 18.9 Å². The normalized spacial score (nSPS) is 11.5. The number of amides is 2. The molecule has 12 nitrogen and oxygen atoms in total. The van der Waals surface area contributed by atoms with Crippen molar-refractivity contribution in [3.05, 3.63) is 75.2 Å². The van der Waals surface area contributed by atoms with Crippen molar-refractivity contribution in [1.29, 1.82) is 0 Å². The number of hydrogen-bond acceptors (Lipinski definition) is 10. The smallest absolute Gasteiger partial charge is 0.304 e. The van der Waals surface area contributed by atoms with Crippen molar-refractivity contribution < 1.29 is 37.0 Å². The van der Waals surface area contributed by atoms with Crippen molar-refractivity contribution in [3.8, 4) is 11.5 Å². The van der Waals surface area contributed by atoms with E-state index in [1.165, 1.54) is 40.9 Å². The van der Waals surface area contributed by atoms with E-state index in [-0.39, 0.29) is 24.7 Å². The fourth-order valence-electron chi connectivity index (χ4n) is 4.22. The third-order valence-electron chi connectivity index (χ3n) is 6.70. The number of nitrogens with one attached hydrogen (secondary N) is 1. The lowest BCUT2D eigenvalue weighted by atomic mass is 10.1. The fraction of sp³-hybridized carbons (Fsp3) is 0.414. The highest BCUT2D eigenvalue weighted by molar-refractivity contribution is 7.87. The molecule has 43 heavy (non-hydrogen) atoms. The summed E-state index contributed by atoms with van der Waals surface area (Å²) in [5, 5.41) is 1.92. The van der Waals surface area contributed by atoms with Gasteiger partial charge in [0, 0.05) is 44.3 Å².